The number of carbonyl (C=O) groups is 3. The first-order valence-electron chi connectivity index (χ1n) is 15.8. The SMILES string of the molecule is CN1CCN(CCOc2ccc(-c3cc(C(F)(F)F)cc(C(F)(F)F)c3)cc2/C=C2\SC(=S)N(CCC(=O)Nc3ccc(C(=O)O)cc3)C2=O)CC1. The van der Waals surface area contributed by atoms with Gasteiger partial charge >= 0.3 is 18.3 Å². The molecule has 3 aromatic carbocycles. The molecule has 0 spiro atoms. The average Bonchev–Trinajstić information content (AvgIpc) is 3.35. The lowest BCUT2D eigenvalue weighted by Gasteiger charge is -2.32. The van der Waals surface area contributed by atoms with Crippen LogP contribution in [0.5, 0.6) is 5.75 Å². The van der Waals surface area contributed by atoms with Crippen LogP contribution in [-0.2, 0) is 21.9 Å². The first kappa shape index (κ1) is 38.8. The molecule has 2 aliphatic heterocycles. The zero-order valence-electron chi connectivity index (χ0n) is 27.5. The third-order valence-electron chi connectivity index (χ3n) is 8.33. The van der Waals surface area contributed by atoms with Gasteiger partial charge < -0.3 is 20.1 Å². The number of alkyl halides is 6. The highest BCUT2D eigenvalue weighted by molar-refractivity contribution is 8.26. The topological polar surface area (TPSA) is 102 Å². The van der Waals surface area contributed by atoms with Crippen molar-refractivity contribution in [1.29, 1.82) is 0 Å². The molecule has 2 heterocycles. The molecule has 5 rings (SSSR count). The standard InChI is InChI=1S/C35H32F6N4O5S2/c1-43-10-12-44(13-11-43)14-15-50-28-7-4-22(23-17-25(34(36,37)38)20-26(18-23)35(39,40)41)16-24(28)19-29-31(47)45(33(51)52-29)9-8-30(46)42-27-5-2-21(3-6-27)32(48)49/h2-7,16-20H,8-15H2,1H3,(H,42,46)(H,48,49)/b29-19-. The molecule has 0 radical (unpaired) electrons. The number of amides is 2. The Kier molecular flexibility index (Phi) is 12.0. The van der Waals surface area contributed by atoms with Gasteiger partial charge in [-0.15, -0.1) is 0 Å². The molecule has 276 valence electrons. The Morgan fingerprint density at radius 3 is 2.13 bits per heavy atom. The van der Waals surface area contributed by atoms with Gasteiger partial charge in [-0.3, -0.25) is 19.4 Å². The number of anilines is 1. The lowest BCUT2D eigenvalue weighted by Crippen LogP contribution is -2.45. The maximum Gasteiger partial charge on any atom is 0.416 e. The number of carboxylic acids is 1. The number of hydrogen-bond donors (Lipinski definition) is 2. The second-order valence-electron chi connectivity index (χ2n) is 12.1. The maximum atomic E-state index is 13.7. The van der Waals surface area contributed by atoms with Crippen LogP contribution in [0.2, 0.25) is 0 Å². The van der Waals surface area contributed by atoms with Gasteiger partial charge in [-0.05, 0) is 78.8 Å². The summed E-state index contributed by atoms with van der Waals surface area (Å²) in [6.07, 6.45) is -8.83. The molecule has 52 heavy (non-hydrogen) atoms. The molecule has 0 aliphatic carbocycles. The lowest BCUT2D eigenvalue weighted by molar-refractivity contribution is -0.143. The maximum absolute atomic E-state index is 13.7. The van der Waals surface area contributed by atoms with Gasteiger partial charge in [-0.2, -0.15) is 26.3 Å². The minimum atomic E-state index is -5.04. The summed E-state index contributed by atoms with van der Waals surface area (Å²) >= 11 is 6.32. The van der Waals surface area contributed by atoms with Crippen molar-refractivity contribution in [2.75, 3.05) is 58.2 Å². The fourth-order valence-electron chi connectivity index (χ4n) is 5.42. The number of rotatable bonds is 11. The zero-order valence-corrected chi connectivity index (χ0v) is 29.1. The third kappa shape index (κ3) is 9.90. The molecule has 3 aromatic rings. The van der Waals surface area contributed by atoms with E-state index >= 15 is 0 Å². The summed E-state index contributed by atoms with van der Waals surface area (Å²) in [5.74, 6) is -1.90. The number of piperazine rings is 1. The second kappa shape index (κ2) is 16.1. The molecule has 2 saturated heterocycles. The Morgan fingerprint density at radius 2 is 1.54 bits per heavy atom. The highest BCUT2D eigenvalue weighted by Gasteiger charge is 2.37. The summed E-state index contributed by atoms with van der Waals surface area (Å²) in [5.41, 5.74) is -2.62. The van der Waals surface area contributed by atoms with Gasteiger partial charge in [0.25, 0.3) is 5.91 Å². The van der Waals surface area contributed by atoms with E-state index in [0.717, 1.165) is 37.9 Å². The molecular weight excluding hydrogens is 735 g/mol. The van der Waals surface area contributed by atoms with Crippen LogP contribution >= 0.6 is 24.0 Å². The smallest absolute Gasteiger partial charge is 0.416 e. The molecule has 17 heteroatoms. The van der Waals surface area contributed by atoms with Crippen molar-refractivity contribution in [2.24, 2.45) is 0 Å². The van der Waals surface area contributed by atoms with Crippen molar-refractivity contribution in [2.45, 2.75) is 18.8 Å². The summed E-state index contributed by atoms with van der Waals surface area (Å²) < 4.78 is 88.1. The monoisotopic (exact) mass is 766 g/mol. The quantitative estimate of drug-likeness (QED) is 0.122. The Morgan fingerprint density at radius 1 is 0.904 bits per heavy atom. The molecule has 0 saturated carbocycles. The fourth-order valence-corrected chi connectivity index (χ4v) is 6.72. The van der Waals surface area contributed by atoms with E-state index in [0.29, 0.717) is 24.4 Å². The number of likely N-dealkylation sites (N-methyl/N-ethyl adjacent to an activating group) is 1. The molecule has 2 aliphatic rings. The molecule has 2 fully saturated rings. The molecule has 2 amide bonds. The number of benzene rings is 3. The van der Waals surface area contributed by atoms with E-state index in [1.54, 1.807) is 0 Å². The highest BCUT2D eigenvalue weighted by Crippen LogP contribution is 2.40. The summed E-state index contributed by atoms with van der Waals surface area (Å²) in [4.78, 5) is 42.8. The predicted octanol–water partition coefficient (Wildman–Crippen LogP) is 6.95. The number of carbonyl (C=O) groups excluding carboxylic acids is 2. The van der Waals surface area contributed by atoms with Crippen molar-refractivity contribution >= 4 is 57.8 Å². The van der Waals surface area contributed by atoms with Gasteiger partial charge in [-0.25, -0.2) is 4.79 Å². The Balaban J connectivity index is 1.39. The summed E-state index contributed by atoms with van der Waals surface area (Å²) in [6.45, 7) is 4.08. The van der Waals surface area contributed by atoms with Crippen LogP contribution in [0.25, 0.3) is 17.2 Å². The largest absolute Gasteiger partial charge is 0.492 e. The van der Waals surface area contributed by atoms with Gasteiger partial charge in [0.05, 0.1) is 21.6 Å². The summed E-state index contributed by atoms with van der Waals surface area (Å²) in [5, 5.41) is 11.7. The van der Waals surface area contributed by atoms with Crippen LogP contribution in [0.1, 0.15) is 33.5 Å². The number of thioether (sulfide) groups is 1. The first-order valence-corrected chi connectivity index (χ1v) is 17.1. The number of carboxylic acid groups (broad SMARTS) is 1. The van der Waals surface area contributed by atoms with E-state index in [9.17, 15) is 40.7 Å². The van der Waals surface area contributed by atoms with Gasteiger partial charge in [0.2, 0.25) is 5.91 Å². The molecule has 0 unspecified atom stereocenters. The number of hydrogen-bond acceptors (Lipinski definition) is 8. The van der Waals surface area contributed by atoms with E-state index in [2.05, 4.69) is 15.1 Å². The third-order valence-corrected chi connectivity index (χ3v) is 9.71. The van der Waals surface area contributed by atoms with Crippen molar-refractivity contribution in [1.82, 2.24) is 14.7 Å². The van der Waals surface area contributed by atoms with Crippen molar-refractivity contribution < 1.29 is 50.6 Å². The highest BCUT2D eigenvalue weighted by atomic mass is 32.2. The molecule has 0 atom stereocenters. The minimum Gasteiger partial charge on any atom is -0.492 e. The normalized spacial score (nSPS) is 16.8. The number of nitrogens with zero attached hydrogens (tertiary/aromatic N) is 3. The van der Waals surface area contributed by atoms with Crippen LogP contribution in [0.4, 0.5) is 32.0 Å². The second-order valence-corrected chi connectivity index (χ2v) is 13.7. The van der Waals surface area contributed by atoms with Gasteiger partial charge in [-0.1, -0.05) is 30.0 Å². The number of ether oxygens (including phenoxy) is 1. The van der Waals surface area contributed by atoms with E-state index in [1.807, 2.05) is 7.05 Å². The number of halogens is 6. The fraction of sp³-hybridized carbons (Fsp3) is 0.314. The Labute approximate surface area is 304 Å². The van der Waals surface area contributed by atoms with Crippen LogP contribution in [0, 0.1) is 0 Å². The predicted molar refractivity (Wildman–Crippen MR) is 188 cm³/mol. The molecule has 9 nitrogen and oxygen atoms in total. The number of thiocarbonyl (C=S) groups is 1. The Hall–Kier alpha value is -4.45. The average molecular weight is 767 g/mol. The zero-order chi connectivity index (χ0) is 37.8. The summed E-state index contributed by atoms with van der Waals surface area (Å²) in [6, 6.07) is 11.0. The molecular formula is C35H32F6N4O5S2. The molecule has 0 bridgehead atoms. The number of aromatic carboxylic acids is 1. The van der Waals surface area contributed by atoms with Gasteiger partial charge in [0.15, 0.2) is 0 Å². The lowest BCUT2D eigenvalue weighted by atomic mass is 9.97. The van der Waals surface area contributed by atoms with E-state index in [1.165, 1.54) is 53.4 Å². The first-order chi connectivity index (χ1) is 24.5. The van der Waals surface area contributed by atoms with Crippen molar-refractivity contribution in [3.8, 4) is 16.9 Å². The minimum absolute atomic E-state index is 0.0257. The van der Waals surface area contributed by atoms with E-state index in [-0.39, 0.29) is 62.9 Å². The molecule has 0 aromatic heterocycles. The van der Waals surface area contributed by atoms with Gasteiger partial charge in [0.1, 0.15) is 16.7 Å². The summed E-state index contributed by atoms with van der Waals surface area (Å²) in [7, 11) is 2.02. The van der Waals surface area contributed by atoms with Crippen molar-refractivity contribution in [3.05, 3.63) is 87.8 Å². The van der Waals surface area contributed by atoms with E-state index < -0.39 is 41.3 Å². The van der Waals surface area contributed by atoms with E-state index in [4.69, 9.17) is 22.1 Å². The van der Waals surface area contributed by atoms with Crippen LogP contribution in [0.3, 0.4) is 0 Å². The van der Waals surface area contributed by atoms with Crippen LogP contribution in [-0.4, -0.2) is 94.8 Å². The Bertz CT molecular complexity index is 1840. The van der Waals surface area contributed by atoms with Crippen molar-refractivity contribution in [3.63, 3.8) is 0 Å². The molecule has 2 N–H and O–H groups in total. The number of nitrogens with one attached hydrogen (secondary N) is 1. The van der Waals surface area contributed by atoms with Crippen LogP contribution in [0.15, 0.2) is 65.6 Å². The van der Waals surface area contributed by atoms with Crippen LogP contribution < -0.4 is 10.1 Å². The van der Waals surface area contributed by atoms with Gasteiger partial charge in [0, 0.05) is 56.9 Å².